The molecule has 6 heteroatoms. The summed E-state index contributed by atoms with van der Waals surface area (Å²) >= 11 is 0. The Bertz CT molecular complexity index is 834. The molecule has 120 valence electrons. The molecular weight excluding hydrogens is 293 g/mol. The van der Waals surface area contributed by atoms with Crippen LogP contribution in [0.2, 0.25) is 0 Å². The fourth-order valence-corrected chi connectivity index (χ4v) is 2.44. The predicted octanol–water partition coefficient (Wildman–Crippen LogP) is 3.20. The zero-order valence-corrected chi connectivity index (χ0v) is 13.8. The van der Waals surface area contributed by atoms with Crippen LogP contribution in [-0.2, 0) is 12.0 Å². The van der Waals surface area contributed by atoms with Crippen LogP contribution in [-0.4, -0.2) is 26.9 Å². The third kappa shape index (κ3) is 3.16. The third-order valence-electron chi connectivity index (χ3n) is 3.62. The van der Waals surface area contributed by atoms with Gasteiger partial charge in [-0.3, -0.25) is 0 Å². The molecule has 23 heavy (non-hydrogen) atoms. The summed E-state index contributed by atoms with van der Waals surface area (Å²) in [5, 5.41) is 13.1. The summed E-state index contributed by atoms with van der Waals surface area (Å²) in [6, 6.07) is 10.4. The highest BCUT2D eigenvalue weighted by atomic mass is 19.1. The smallest absolute Gasteiger partial charge is 0.178 e. The van der Waals surface area contributed by atoms with Gasteiger partial charge >= 0.3 is 0 Å². The topological polar surface area (TPSA) is 46.3 Å². The number of hydrogen-bond acceptors (Lipinski definition) is 4. The first kappa shape index (κ1) is 15.4. The molecule has 1 aromatic carbocycles. The number of benzene rings is 1. The molecule has 0 saturated heterocycles. The van der Waals surface area contributed by atoms with Crippen LogP contribution in [0.3, 0.4) is 0 Å². The highest BCUT2D eigenvalue weighted by Crippen LogP contribution is 2.21. The zero-order valence-electron chi connectivity index (χ0n) is 13.8. The van der Waals surface area contributed by atoms with Crippen molar-refractivity contribution >= 4 is 11.5 Å². The Morgan fingerprint density at radius 2 is 1.91 bits per heavy atom. The van der Waals surface area contributed by atoms with E-state index >= 15 is 0 Å². The highest BCUT2D eigenvalue weighted by molar-refractivity contribution is 5.46. The van der Waals surface area contributed by atoms with Crippen LogP contribution in [0.4, 0.5) is 10.2 Å². The molecule has 0 aliphatic heterocycles. The first-order chi connectivity index (χ1) is 10.8. The zero-order chi connectivity index (χ0) is 16.6. The Kier molecular flexibility index (Phi) is 3.75. The average molecular weight is 313 g/mol. The second-order valence-electron chi connectivity index (χ2n) is 6.72. The van der Waals surface area contributed by atoms with E-state index in [-0.39, 0.29) is 11.2 Å². The van der Waals surface area contributed by atoms with E-state index in [1.807, 2.05) is 30.1 Å². The first-order valence-corrected chi connectivity index (χ1v) is 7.53. The van der Waals surface area contributed by atoms with Crippen molar-refractivity contribution in [2.75, 3.05) is 11.9 Å². The van der Waals surface area contributed by atoms with E-state index in [2.05, 4.69) is 36.1 Å². The highest BCUT2D eigenvalue weighted by Gasteiger charge is 2.22. The van der Waals surface area contributed by atoms with Gasteiger partial charge in [-0.1, -0.05) is 32.9 Å². The normalized spacial score (nSPS) is 11.9. The average Bonchev–Trinajstić information content (AvgIpc) is 2.90. The summed E-state index contributed by atoms with van der Waals surface area (Å²) in [6.45, 7) is 6.81. The van der Waals surface area contributed by atoms with Crippen molar-refractivity contribution in [2.24, 2.45) is 0 Å². The molecule has 0 aliphatic carbocycles. The van der Waals surface area contributed by atoms with Gasteiger partial charge in [0.1, 0.15) is 11.6 Å². The molecule has 0 N–H and O–H groups in total. The second-order valence-corrected chi connectivity index (χ2v) is 6.72. The van der Waals surface area contributed by atoms with Gasteiger partial charge in [-0.25, -0.2) is 4.39 Å². The summed E-state index contributed by atoms with van der Waals surface area (Å²) in [5.41, 5.74) is 1.47. The molecule has 0 atom stereocenters. The predicted molar refractivity (Wildman–Crippen MR) is 88.0 cm³/mol. The van der Waals surface area contributed by atoms with E-state index in [1.165, 1.54) is 12.1 Å². The molecule has 2 heterocycles. The Hall–Kier alpha value is -2.50. The number of nitrogens with zero attached hydrogens (tertiary/aromatic N) is 5. The van der Waals surface area contributed by atoms with Crippen LogP contribution in [0.25, 0.3) is 5.65 Å². The van der Waals surface area contributed by atoms with Gasteiger partial charge in [-0.15, -0.1) is 15.3 Å². The fourth-order valence-electron chi connectivity index (χ4n) is 2.44. The van der Waals surface area contributed by atoms with Gasteiger partial charge in [0.25, 0.3) is 0 Å². The molecule has 0 unspecified atom stereocenters. The minimum absolute atomic E-state index is 0.147. The molecular formula is C17H20FN5. The fraction of sp³-hybridized carbons (Fsp3) is 0.353. The molecule has 0 amide bonds. The summed E-state index contributed by atoms with van der Waals surface area (Å²) in [4.78, 5) is 1.97. The first-order valence-electron chi connectivity index (χ1n) is 7.53. The van der Waals surface area contributed by atoms with Crippen molar-refractivity contribution in [1.82, 2.24) is 19.8 Å². The lowest BCUT2D eigenvalue weighted by Gasteiger charge is -2.19. The SMILES string of the molecule is CN(Cc1cccc(F)c1)c1ccc2nnc(C(C)(C)C)n2n1. The van der Waals surface area contributed by atoms with Gasteiger partial charge in [-0.2, -0.15) is 4.52 Å². The molecule has 0 spiro atoms. The van der Waals surface area contributed by atoms with E-state index in [4.69, 9.17) is 0 Å². The minimum atomic E-state index is -0.229. The summed E-state index contributed by atoms with van der Waals surface area (Å²) < 4.78 is 15.1. The standard InChI is InChI=1S/C17H20FN5/c1-17(2,3)16-20-19-14-8-9-15(21-23(14)16)22(4)11-12-6-5-7-13(18)10-12/h5-10H,11H2,1-4H3. The van der Waals surface area contributed by atoms with E-state index in [0.29, 0.717) is 6.54 Å². The van der Waals surface area contributed by atoms with Gasteiger partial charge in [0, 0.05) is 19.0 Å². The largest absolute Gasteiger partial charge is 0.354 e. The summed E-state index contributed by atoms with van der Waals surface area (Å²) in [6.07, 6.45) is 0. The maximum absolute atomic E-state index is 13.3. The van der Waals surface area contributed by atoms with Crippen molar-refractivity contribution in [3.8, 4) is 0 Å². The summed E-state index contributed by atoms with van der Waals surface area (Å²) in [7, 11) is 1.93. The van der Waals surface area contributed by atoms with Gasteiger partial charge in [-0.05, 0) is 29.8 Å². The lowest BCUT2D eigenvalue weighted by atomic mass is 9.96. The van der Waals surface area contributed by atoms with Crippen molar-refractivity contribution < 1.29 is 4.39 Å². The maximum atomic E-state index is 13.3. The van der Waals surface area contributed by atoms with Crippen LogP contribution < -0.4 is 4.90 Å². The molecule has 0 aliphatic rings. The van der Waals surface area contributed by atoms with Crippen LogP contribution in [0.5, 0.6) is 0 Å². The third-order valence-corrected chi connectivity index (χ3v) is 3.62. The number of fused-ring (bicyclic) bond motifs is 1. The maximum Gasteiger partial charge on any atom is 0.178 e. The van der Waals surface area contributed by atoms with Crippen molar-refractivity contribution in [2.45, 2.75) is 32.7 Å². The van der Waals surface area contributed by atoms with Crippen LogP contribution >= 0.6 is 0 Å². The molecule has 0 fully saturated rings. The number of aromatic nitrogens is 4. The number of halogens is 1. The van der Waals surface area contributed by atoms with E-state index in [0.717, 1.165) is 22.9 Å². The quantitative estimate of drug-likeness (QED) is 0.745. The summed E-state index contributed by atoms with van der Waals surface area (Å²) in [5.74, 6) is 1.37. The Morgan fingerprint density at radius 3 is 2.61 bits per heavy atom. The van der Waals surface area contributed by atoms with E-state index in [1.54, 1.807) is 10.6 Å². The molecule has 2 aromatic heterocycles. The van der Waals surface area contributed by atoms with E-state index < -0.39 is 0 Å². The number of anilines is 1. The van der Waals surface area contributed by atoms with Gasteiger partial charge in [0.05, 0.1) is 0 Å². The van der Waals surface area contributed by atoms with Crippen molar-refractivity contribution in [1.29, 1.82) is 0 Å². The molecule has 0 saturated carbocycles. The Labute approximate surface area is 134 Å². The lowest BCUT2D eigenvalue weighted by Crippen LogP contribution is -2.21. The van der Waals surface area contributed by atoms with Crippen molar-refractivity contribution in [3.63, 3.8) is 0 Å². The number of hydrogen-bond donors (Lipinski definition) is 0. The number of rotatable bonds is 3. The van der Waals surface area contributed by atoms with Crippen molar-refractivity contribution in [3.05, 3.63) is 53.6 Å². The molecule has 0 radical (unpaired) electrons. The van der Waals surface area contributed by atoms with Gasteiger partial charge in [0.15, 0.2) is 11.5 Å². The Morgan fingerprint density at radius 1 is 1.13 bits per heavy atom. The molecule has 3 rings (SSSR count). The second kappa shape index (κ2) is 5.61. The lowest BCUT2D eigenvalue weighted by molar-refractivity contribution is 0.526. The van der Waals surface area contributed by atoms with Crippen LogP contribution in [0.1, 0.15) is 32.2 Å². The minimum Gasteiger partial charge on any atom is -0.354 e. The van der Waals surface area contributed by atoms with Crippen LogP contribution in [0, 0.1) is 5.82 Å². The van der Waals surface area contributed by atoms with Gasteiger partial charge in [0.2, 0.25) is 0 Å². The van der Waals surface area contributed by atoms with Gasteiger partial charge < -0.3 is 4.90 Å². The molecule has 5 nitrogen and oxygen atoms in total. The molecule has 0 bridgehead atoms. The van der Waals surface area contributed by atoms with Crippen LogP contribution in [0.15, 0.2) is 36.4 Å². The Balaban J connectivity index is 1.93. The monoisotopic (exact) mass is 313 g/mol. The van der Waals surface area contributed by atoms with E-state index in [9.17, 15) is 4.39 Å². The molecule has 3 aromatic rings.